The van der Waals surface area contributed by atoms with E-state index in [1.165, 1.54) is 6.42 Å². The number of piperidine rings is 1. The second kappa shape index (κ2) is 8.03. The Balaban J connectivity index is 1.73. The Morgan fingerprint density at radius 1 is 1.16 bits per heavy atom. The van der Waals surface area contributed by atoms with Crippen molar-refractivity contribution in [1.29, 1.82) is 0 Å². The molecule has 1 aromatic heterocycles. The van der Waals surface area contributed by atoms with Crippen LogP contribution in [0.4, 0.5) is 0 Å². The molecule has 0 bridgehead atoms. The van der Waals surface area contributed by atoms with Gasteiger partial charge in [0.25, 0.3) is 0 Å². The molecule has 1 unspecified atom stereocenters. The normalized spacial score (nSPS) is 17.3. The molecule has 0 aliphatic carbocycles. The summed E-state index contributed by atoms with van der Waals surface area (Å²) in [6, 6.07) is 10.0. The molecular formula is C18H24N2O4S. The van der Waals surface area contributed by atoms with Crippen molar-refractivity contribution in [2.24, 2.45) is 0 Å². The molecular weight excluding hydrogens is 340 g/mol. The van der Waals surface area contributed by atoms with Gasteiger partial charge in [0.15, 0.2) is 0 Å². The van der Waals surface area contributed by atoms with Crippen molar-refractivity contribution in [1.82, 2.24) is 9.62 Å². The molecule has 3 rings (SSSR count). The summed E-state index contributed by atoms with van der Waals surface area (Å²) in [5, 5.41) is 0. The molecule has 0 spiro atoms. The van der Waals surface area contributed by atoms with Crippen molar-refractivity contribution in [3.8, 4) is 5.75 Å². The summed E-state index contributed by atoms with van der Waals surface area (Å²) in [6.07, 6.45) is 5.11. The molecule has 0 amide bonds. The highest BCUT2D eigenvalue weighted by atomic mass is 32.2. The molecule has 1 fully saturated rings. The number of nitrogens with zero attached hydrogens (tertiary/aromatic N) is 1. The summed E-state index contributed by atoms with van der Waals surface area (Å²) < 4.78 is 38.5. The first kappa shape index (κ1) is 18.0. The molecule has 1 atom stereocenters. The lowest BCUT2D eigenvalue weighted by molar-refractivity contribution is 0.147. The van der Waals surface area contributed by atoms with Crippen molar-refractivity contribution in [3.63, 3.8) is 0 Å². The zero-order valence-electron chi connectivity index (χ0n) is 14.3. The Morgan fingerprint density at radius 3 is 2.48 bits per heavy atom. The van der Waals surface area contributed by atoms with Crippen LogP contribution in [0.1, 0.15) is 31.1 Å². The summed E-state index contributed by atoms with van der Waals surface area (Å²) in [4.78, 5) is 2.52. The van der Waals surface area contributed by atoms with Crippen LogP contribution in [0, 0.1) is 0 Å². The highest BCUT2D eigenvalue weighted by molar-refractivity contribution is 7.89. The van der Waals surface area contributed by atoms with Gasteiger partial charge < -0.3 is 9.15 Å². The third-order valence-corrected chi connectivity index (χ3v) is 5.98. The van der Waals surface area contributed by atoms with E-state index in [0.29, 0.717) is 5.75 Å². The van der Waals surface area contributed by atoms with Crippen LogP contribution in [-0.4, -0.2) is 40.1 Å². The van der Waals surface area contributed by atoms with Crippen LogP contribution >= 0.6 is 0 Å². The highest BCUT2D eigenvalue weighted by Gasteiger charge is 2.26. The van der Waals surface area contributed by atoms with Gasteiger partial charge in [0.1, 0.15) is 11.5 Å². The van der Waals surface area contributed by atoms with Crippen molar-refractivity contribution >= 4 is 10.0 Å². The molecule has 1 saturated heterocycles. The van der Waals surface area contributed by atoms with E-state index in [1.54, 1.807) is 37.6 Å². The average Bonchev–Trinajstić information content (AvgIpc) is 3.17. The molecule has 7 heteroatoms. The van der Waals surface area contributed by atoms with E-state index in [-0.39, 0.29) is 17.5 Å². The Morgan fingerprint density at radius 2 is 1.88 bits per heavy atom. The molecule has 25 heavy (non-hydrogen) atoms. The predicted molar refractivity (Wildman–Crippen MR) is 95.1 cm³/mol. The minimum atomic E-state index is -3.58. The van der Waals surface area contributed by atoms with E-state index in [9.17, 15) is 8.42 Å². The van der Waals surface area contributed by atoms with Crippen LogP contribution in [0.3, 0.4) is 0 Å². The summed E-state index contributed by atoms with van der Waals surface area (Å²) in [6.45, 7) is 2.19. The zero-order chi connectivity index (χ0) is 17.7. The summed E-state index contributed by atoms with van der Waals surface area (Å²) in [7, 11) is -2.03. The molecule has 136 valence electrons. The van der Waals surface area contributed by atoms with Gasteiger partial charge in [-0.15, -0.1) is 0 Å². The molecule has 0 radical (unpaired) electrons. The molecule has 1 aromatic carbocycles. The molecule has 0 saturated carbocycles. The van der Waals surface area contributed by atoms with Gasteiger partial charge in [0.2, 0.25) is 10.0 Å². The molecule has 1 N–H and O–H groups in total. The lowest BCUT2D eigenvalue weighted by atomic mass is 10.1. The third-order valence-electron chi connectivity index (χ3n) is 4.54. The maximum Gasteiger partial charge on any atom is 0.240 e. The minimum absolute atomic E-state index is 0.0941. The summed E-state index contributed by atoms with van der Waals surface area (Å²) in [5.74, 6) is 1.42. The Hall–Kier alpha value is -1.83. The van der Waals surface area contributed by atoms with Gasteiger partial charge in [-0.3, -0.25) is 4.90 Å². The first-order chi connectivity index (χ1) is 12.1. The first-order valence-electron chi connectivity index (χ1n) is 8.51. The topological polar surface area (TPSA) is 71.8 Å². The largest absolute Gasteiger partial charge is 0.497 e. The standard InChI is InChI=1S/C18H24N2O4S/c1-23-15-7-9-16(10-8-15)25(21,22)19-14-17(18-6-5-13-24-18)20-11-3-2-4-12-20/h5-10,13,17,19H,2-4,11-12,14H2,1H3. The van der Waals surface area contributed by atoms with Gasteiger partial charge in [0, 0.05) is 6.54 Å². The van der Waals surface area contributed by atoms with E-state index >= 15 is 0 Å². The maximum absolute atomic E-state index is 12.6. The summed E-state index contributed by atoms with van der Waals surface area (Å²) >= 11 is 0. The SMILES string of the molecule is COc1ccc(S(=O)(=O)NCC(c2ccco2)N2CCCCC2)cc1. The van der Waals surface area contributed by atoms with Crippen molar-refractivity contribution in [2.45, 2.75) is 30.2 Å². The van der Waals surface area contributed by atoms with Gasteiger partial charge in [-0.25, -0.2) is 13.1 Å². The van der Waals surface area contributed by atoms with Crippen LogP contribution in [0.5, 0.6) is 5.75 Å². The fourth-order valence-corrected chi connectivity index (χ4v) is 4.19. The minimum Gasteiger partial charge on any atom is -0.497 e. The number of methoxy groups -OCH3 is 1. The number of benzene rings is 1. The second-order valence-electron chi connectivity index (χ2n) is 6.16. The monoisotopic (exact) mass is 364 g/mol. The predicted octanol–water partition coefficient (Wildman–Crippen LogP) is 2.79. The van der Waals surface area contributed by atoms with Crippen LogP contribution in [0.15, 0.2) is 52.0 Å². The van der Waals surface area contributed by atoms with Gasteiger partial charge in [-0.1, -0.05) is 6.42 Å². The highest BCUT2D eigenvalue weighted by Crippen LogP contribution is 2.25. The average molecular weight is 364 g/mol. The molecule has 1 aliphatic rings. The van der Waals surface area contributed by atoms with Crippen LogP contribution in [-0.2, 0) is 10.0 Å². The summed E-state index contributed by atoms with van der Waals surface area (Å²) in [5.41, 5.74) is 0. The quantitative estimate of drug-likeness (QED) is 0.818. The number of sulfonamides is 1. The second-order valence-corrected chi connectivity index (χ2v) is 7.92. The fourth-order valence-electron chi connectivity index (χ4n) is 3.15. The first-order valence-corrected chi connectivity index (χ1v) is 9.99. The number of ether oxygens (including phenoxy) is 1. The van der Waals surface area contributed by atoms with Crippen LogP contribution in [0.25, 0.3) is 0 Å². The fraction of sp³-hybridized carbons (Fsp3) is 0.444. The molecule has 1 aliphatic heterocycles. The Bertz CT molecular complexity index is 751. The number of hydrogen-bond acceptors (Lipinski definition) is 5. The van der Waals surface area contributed by atoms with E-state index in [4.69, 9.17) is 9.15 Å². The van der Waals surface area contributed by atoms with E-state index < -0.39 is 10.0 Å². The number of nitrogens with one attached hydrogen (secondary N) is 1. The lowest BCUT2D eigenvalue weighted by Gasteiger charge is -2.33. The lowest BCUT2D eigenvalue weighted by Crippen LogP contribution is -2.40. The molecule has 2 heterocycles. The van der Waals surface area contributed by atoms with Gasteiger partial charge in [0.05, 0.1) is 24.3 Å². The van der Waals surface area contributed by atoms with Crippen LogP contribution in [0.2, 0.25) is 0 Å². The van der Waals surface area contributed by atoms with Gasteiger partial charge in [-0.05, 0) is 62.3 Å². The number of hydrogen-bond donors (Lipinski definition) is 1. The van der Waals surface area contributed by atoms with E-state index in [0.717, 1.165) is 31.7 Å². The third kappa shape index (κ3) is 4.42. The maximum atomic E-state index is 12.6. The Labute approximate surface area is 148 Å². The molecule has 2 aromatic rings. The van der Waals surface area contributed by atoms with E-state index in [2.05, 4.69) is 9.62 Å². The van der Waals surface area contributed by atoms with Crippen LogP contribution < -0.4 is 9.46 Å². The molecule has 6 nitrogen and oxygen atoms in total. The van der Waals surface area contributed by atoms with E-state index in [1.807, 2.05) is 12.1 Å². The van der Waals surface area contributed by atoms with Gasteiger partial charge in [-0.2, -0.15) is 0 Å². The number of rotatable bonds is 7. The van der Waals surface area contributed by atoms with Crippen molar-refractivity contribution < 1.29 is 17.6 Å². The number of furan rings is 1. The smallest absolute Gasteiger partial charge is 0.240 e. The van der Waals surface area contributed by atoms with Crippen molar-refractivity contribution in [2.75, 3.05) is 26.7 Å². The van der Waals surface area contributed by atoms with Crippen molar-refractivity contribution in [3.05, 3.63) is 48.4 Å². The number of likely N-dealkylation sites (tertiary alicyclic amines) is 1. The zero-order valence-corrected chi connectivity index (χ0v) is 15.2. The Kier molecular flexibility index (Phi) is 5.78. The van der Waals surface area contributed by atoms with Gasteiger partial charge >= 0.3 is 0 Å².